The summed E-state index contributed by atoms with van der Waals surface area (Å²) in [5.41, 5.74) is 5.62. The van der Waals surface area contributed by atoms with Crippen LogP contribution in [0.3, 0.4) is 0 Å². The molecular formula is C11H20N4S. The topological polar surface area (TPSA) is 45.4 Å². The van der Waals surface area contributed by atoms with Gasteiger partial charge in [0, 0.05) is 36.8 Å². The first-order valence-corrected chi connectivity index (χ1v) is 6.62. The first kappa shape index (κ1) is 11.8. The molecule has 1 unspecified atom stereocenters. The molecule has 4 nitrogen and oxygen atoms in total. The van der Waals surface area contributed by atoms with E-state index >= 15 is 0 Å². The van der Waals surface area contributed by atoms with Crippen LogP contribution in [0.25, 0.3) is 0 Å². The quantitative estimate of drug-likeness (QED) is 0.842. The van der Waals surface area contributed by atoms with Crippen LogP contribution in [0.15, 0.2) is 6.20 Å². The fraction of sp³-hybridized carbons (Fsp3) is 0.727. The summed E-state index contributed by atoms with van der Waals surface area (Å²) >= 11 is 1.72. The highest BCUT2D eigenvalue weighted by molar-refractivity contribution is 7.15. The molecule has 0 aromatic carbocycles. The van der Waals surface area contributed by atoms with Crippen LogP contribution < -0.4 is 10.6 Å². The lowest BCUT2D eigenvalue weighted by atomic mass is 10.3. The van der Waals surface area contributed by atoms with E-state index in [2.05, 4.69) is 28.8 Å². The monoisotopic (exact) mass is 240 g/mol. The van der Waals surface area contributed by atoms with E-state index < -0.39 is 0 Å². The average molecular weight is 240 g/mol. The van der Waals surface area contributed by atoms with Gasteiger partial charge in [0.25, 0.3) is 0 Å². The normalized spacial score (nSPS) is 23.4. The maximum atomic E-state index is 5.62. The number of aromatic nitrogens is 1. The molecule has 5 heteroatoms. The number of thiazole rings is 1. The second-order valence-corrected chi connectivity index (χ2v) is 5.57. The molecule has 0 aliphatic carbocycles. The molecule has 2 N–H and O–H groups in total. The van der Waals surface area contributed by atoms with Crippen LogP contribution in [0, 0.1) is 0 Å². The van der Waals surface area contributed by atoms with Gasteiger partial charge >= 0.3 is 0 Å². The van der Waals surface area contributed by atoms with Crippen LogP contribution in [0.5, 0.6) is 0 Å². The fourth-order valence-corrected chi connectivity index (χ4v) is 3.10. The first-order valence-electron chi connectivity index (χ1n) is 5.80. The fourth-order valence-electron chi connectivity index (χ4n) is 2.18. The molecule has 0 radical (unpaired) electrons. The van der Waals surface area contributed by atoms with Crippen molar-refractivity contribution in [3.05, 3.63) is 11.1 Å². The Bertz CT molecular complexity index is 338. The summed E-state index contributed by atoms with van der Waals surface area (Å²) in [5.74, 6) is 0. The molecule has 0 saturated carbocycles. The zero-order valence-corrected chi connectivity index (χ0v) is 10.8. The third-order valence-electron chi connectivity index (χ3n) is 3.04. The van der Waals surface area contributed by atoms with Crippen LogP contribution in [0.1, 0.15) is 18.2 Å². The number of hydrogen-bond donors (Lipinski definition) is 1. The SMILES string of the molecule is CC1CN(C)CCCN1c1ncc(CN)s1. The second kappa shape index (κ2) is 5.12. The standard InChI is InChI=1S/C11H20N4S/c1-9-8-14(2)4-3-5-15(9)11-13-7-10(6-12)16-11/h7,9H,3-6,8,12H2,1-2H3. The predicted octanol–water partition coefficient (Wildman–Crippen LogP) is 1.13. The van der Waals surface area contributed by atoms with Gasteiger partial charge < -0.3 is 15.5 Å². The van der Waals surface area contributed by atoms with E-state index in [-0.39, 0.29) is 0 Å². The van der Waals surface area contributed by atoms with Crippen molar-refractivity contribution in [1.82, 2.24) is 9.88 Å². The van der Waals surface area contributed by atoms with Crippen LogP contribution >= 0.6 is 11.3 Å². The Morgan fingerprint density at radius 3 is 3.06 bits per heavy atom. The Labute approximate surface area is 101 Å². The van der Waals surface area contributed by atoms with Crippen molar-refractivity contribution in [3.63, 3.8) is 0 Å². The molecule has 2 rings (SSSR count). The average Bonchev–Trinajstić information content (AvgIpc) is 2.65. The van der Waals surface area contributed by atoms with Crippen molar-refractivity contribution in [2.45, 2.75) is 25.9 Å². The number of rotatable bonds is 2. The Hall–Kier alpha value is -0.650. The summed E-state index contributed by atoms with van der Waals surface area (Å²) in [6.45, 7) is 6.25. The summed E-state index contributed by atoms with van der Waals surface area (Å²) in [6.07, 6.45) is 3.11. The summed E-state index contributed by atoms with van der Waals surface area (Å²) < 4.78 is 0. The molecule has 1 fully saturated rings. The highest BCUT2D eigenvalue weighted by Gasteiger charge is 2.21. The summed E-state index contributed by atoms with van der Waals surface area (Å²) in [5, 5.41) is 1.13. The molecule has 90 valence electrons. The number of anilines is 1. The molecule has 1 aromatic heterocycles. The largest absolute Gasteiger partial charge is 0.344 e. The van der Waals surface area contributed by atoms with Crippen molar-refractivity contribution in [1.29, 1.82) is 0 Å². The second-order valence-electron chi connectivity index (χ2n) is 4.47. The maximum absolute atomic E-state index is 5.62. The van der Waals surface area contributed by atoms with Crippen molar-refractivity contribution in [2.75, 3.05) is 31.6 Å². The van der Waals surface area contributed by atoms with Crippen LogP contribution in [0.4, 0.5) is 5.13 Å². The van der Waals surface area contributed by atoms with Gasteiger partial charge in [-0.15, -0.1) is 11.3 Å². The van der Waals surface area contributed by atoms with Gasteiger partial charge in [0.05, 0.1) is 0 Å². The Balaban J connectivity index is 2.12. The van der Waals surface area contributed by atoms with Crippen LogP contribution in [-0.4, -0.2) is 42.6 Å². The van der Waals surface area contributed by atoms with Crippen molar-refractivity contribution < 1.29 is 0 Å². The molecule has 1 saturated heterocycles. The number of nitrogens with zero attached hydrogens (tertiary/aromatic N) is 3. The summed E-state index contributed by atoms with van der Waals surface area (Å²) in [6, 6.07) is 0.532. The summed E-state index contributed by atoms with van der Waals surface area (Å²) in [4.78, 5) is 10.4. The number of likely N-dealkylation sites (N-methyl/N-ethyl adjacent to an activating group) is 1. The van der Waals surface area contributed by atoms with Gasteiger partial charge in [0.2, 0.25) is 0 Å². The Morgan fingerprint density at radius 1 is 1.56 bits per heavy atom. The smallest absolute Gasteiger partial charge is 0.185 e. The Morgan fingerprint density at radius 2 is 2.38 bits per heavy atom. The van der Waals surface area contributed by atoms with Crippen LogP contribution in [-0.2, 0) is 6.54 Å². The molecule has 0 bridgehead atoms. The molecule has 2 heterocycles. The molecule has 0 amide bonds. The summed E-state index contributed by atoms with van der Waals surface area (Å²) in [7, 11) is 2.19. The third-order valence-corrected chi connectivity index (χ3v) is 4.09. The lowest BCUT2D eigenvalue weighted by Crippen LogP contribution is -2.37. The van der Waals surface area contributed by atoms with Gasteiger partial charge in [-0.1, -0.05) is 0 Å². The zero-order chi connectivity index (χ0) is 11.5. The van der Waals surface area contributed by atoms with Gasteiger partial charge in [-0.3, -0.25) is 0 Å². The molecule has 1 aliphatic rings. The number of nitrogens with two attached hydrogens (primary N) is 1. The van der Waals surface area contributed by atoms with Crippen molar-refractivity contribution in [3.8, 4) is 0 Å². The van der Waals surface area contributed by atoms with E-state index in [1.165, 1.54) is 17.8 Å². The van der Waals surface area contributed by atoms with Gasteiger partial charge in [-0.2, -0.15) is 0 Å². The maximum Gasteiger partial charge on any atom is 0.185 e. The van der Waals surface area contributed by atoms with E-state index in [4.69, 9.17) is 5.73 Å². The van der Waals surface area contributed by atoms with Gasteiger partial charge in [-0.25, -0.2) is 4.98 Å². The van der Waals surface area contributed by atoms with Crippen molar-refractivity contribution >= 4 is 16.5 Å². The lowest BCUT2D eigenvalue weighted by Gasteiger charge is -2.27. The molecule has 1 aliphatic heterocycles. The Kier molecular flexibility index (Phi) is 3.78. The molecule has 1 aromatic rings. The van der Waals surface area contributed by atoms with Crippen LogP contribution in [0.2, 0.25) is 0 Å². The molecule has 1 atom stereocenters. The highest BCUT2D eigenvalue weighted by atomic mass is 32.1. The van der Waals surface area contributed by atoms with Gasteiger partial charge in [-0.05, 0) is 26.9 Å². The van der Waals surface area contributed by atoms with E-state index in [0.29, 0.717) is 12.6 Å². The molecule has 0 spiro atoms. The van der Waals surface area contributed by atoms with Crippen molar-refractivity contribution in [2.24, 2.45) is 5.73 Å². The highest BCUT2D eigenvalue weighted by Crippen LogP contribution is 2.25. The van der Waals surface area contributed by atoms with Gasteiger partial charge in [0.15, 0.2) is 5.13 Å². The minimum absolute atomic E-state index is 0.532. The van der Waals surface area contributed by atoms with E-state index in [1.807, 2.05) is 6.20 Å². The minimum atomic E-state index is 0.532. The minimum Gasteiger partial charge on any atom is -0.344 e. The van der Waals surface area contributed by atoms with Gasteiger partial charge in [0.1, 0.15) is 0 Å². The van der Waals surface area contributed by atoms with E-state index in [1.54, 1.807) is 11.3 Å². The molecular weight excluding hydrogens is 220 g/mol. The van der Waals surface area contributed by atoms with E-state index in [0.717, 1.165) is 18.2 Å². The van der Waals surface area contributed by atoms with E-state index in [9.17, 15) is 0 Å². The lowest BCUT2D eigenvalue weighted by molar-refractivity contribution is 0.337. The predicted molar refractivity (Wildman–Crippen MR) is 68.9 cm³/mol. The third kappa shape index (κ3) is 2.53. The molecule has 16 heavy (non-hydrogen) atoms. The first-order chi connectivity index (χ1) is 7.70. The number of hydrogen-bond acceptors (Lipinski definition) is 5. The zero-order valence-electron chi connectivity index (χ0n) is 10.0.